The molecule has 1 rings (SSSR count). The van der Waals surface area contributed by atoms with Gasteiger partial charge in [0.05, 0.1) is 19.1 Å². The molecule has 0 bridgehead atoms. The maximum absolute atomic E-state index is 12.0. The van der Waals surface area contributed by atoms with Crippen molar-refractivity contribution < 1.29 is 42.8 Å². The second-order valence-corrected chi connectivity index (χ2v) is 4.29. The van der Waals surface area contributed by atoms with Crippen LogP contribution in [-0.4, -0.2) is 40.4 Å². The number of aliphatic hydroxyl groups is 2. The Bertz CT molecular complexity index is 517. The van der Waals surface area contributed by atoms with Crippen LogP contribution in [0.4, 0.5) is 13.2 Å². The fraction of sp³-hybridized carbons (Fsp3) is 0.462. The maximum atomic E-state index is 12.0. The number of rotatable bonds is 6. The van der Waals surface area contributed by atoms with Crippen molar-refractivity contribution in [2.45, 2.75) is 31.9 Å². The van der Waals surface area contributed by atoms with Crippen LogP contribution in [0.25, 0.3) is 0 Å². The molecule has 124 valence electrons. The first-order valence-electron chi connectivity index (χ1n) is 6.24. The number of carbonyl (C=O) groups is 1. The summed E-state index contributed by atoms with van der Waals surface area (Å²) in [5, 5.41) is 29.1. The molecule has 0 saturated heterocycles. The molecule has 0 spiro atoms. The largest absolute Gasteiger partial charge is 0.573 e. The van der Waals surface area contributed by atoms with Crippen LogP contribution in [0, 0.1) is 0 Å². The molecule has 1 aromatic rings. The molecule has 0 aliphatic rings. The van der Waals surface area contributed by atoms with Gasteiger partial charge in [0.2, 0.25) is 0 Å². The molecule has 0 aromatic heterocycles. The summed E-state index contributed by atoms with van der Waals surface area (Å²) >= 11 is 0. The van der Waals surface area contributed by atoms with Crippen LogP contribution in [0.2, 0.25) is 0 Å². The highest BCUT2D eigenvalue weighted by atomic mass is 19.4. The minimum absolute atomic E-state index is 0.0936. The standard InChI is InChI=1S/C13H15F3O6/c1-2-21-11(19)6-10(18)12(20)8-4-3-7(5-9(8)17)22-13(14,15)16/h3-5,10,12,17-18,20H,2,6H2,1H3. The van der Waals surface area contributed by atoms with E-state index in [9.17, 15) is 33.3 Å². The number of aliphatic hydroxyl groups excluding tert-OH is 2. The summed E-state index contributed by atoms with van der Waals surface area (Å²) in [4.78, 5) is 11.2. The molecule has 2 atom stereocenters. The average molecular weight is 324 g/mol. The molecule has 0 aliphatic carbocycles. The Morgan fingerprint density at radius 1 is 1.32 bits per heavy atom. The van der Waals surface area contributed by atoms with Gasteiger partial charge in [-0.15, -0.1) is 13.2 Å². The molecule has 6 nitrogen and oxygen atoms in total. The van der Waals surface area contributed by atoms with Crippen LogP contribution in [-0.2, 0) is 9.53 Å². The molecule has 0 amide bonds. The highest BCUT2D eigenvalue weighted by Crippen LogP contribution is 2.33. The lowest BCUT2D eigenvalue weighted by molar-refractivity contribution is -0.274. The predicted octanol–water partition coefficient (Wildman–Crippen LogP) is 1.64. The molecule has 2 unspecified atom stereocenters. The van der Waals surface area contributed by atoms with Crippen molar-refractivity contribution in [1.82, 2.24) is 0 Å². The SMILES string of the molecule is CCOC(=O)CC(O)C(O)c1ccc(OC(F)(F)F)cc1O. The number of ether oxygens (including phenoxy) is 2. The van der Waals surface area contributed by atoms with E-state index in [4.69, 9.17) is 0 Å². The molecule has 22 heavy (non-hydrogen) atoms. The fourth-order valence-corrected chi connectivity index (χ4v) is 1.68. The first kappa shape index (κ1) is 18.1. The Morgan fingerprint density at radius 2 is 1.95 bits per heavy atom. The number of phenolic OH excluding ortho intramolecular Hbond substituents is 1. The van der Waals surface area contributed by atoms with Crippen LogP contribution >= 0.6 is 0 Å². The van der Waals surface area contributed by atoms with Crippen LogP contribution in [0.3, 0.4) is 0 Å². The second kappa shape index (κ2) is 7.32. The van der Waals surface area contributed by atoms with Gasteiger partial charge in [-0.1, -0.05) is 0 Å². The highest BCUT2D eigenvalue weighted by molar-refractivity contribution is 5.70. The number of esters is 1. The number of carbonyl (C=O) groups excluding carboxylic acids is 1. The molecule has 0 fully saturated rings. The number of alkyl halides is 3. The Kier molecular flexibility index (Phi) is 6.01. The van der Waals surface area contributed by atoms with E-state index in [0.29, 0.717) is 6.07 Å². The number of hydrogen-bond donors (Lipinski definition) is 3. The zero-order valence-corrected chi connectivity index (χ0v) is 11.5. The molecule has 9 heteroatoms. The molecule has 0 saturated carbocycles. The fourth-order valence-electron chi connectivity index (χ4n) is 1.68. The summed E-state index contributed by atoms with van der Waals surface area (Å²) in [6.45, 7) is 1.66. The van der Waals surface area contributed by atoms with Crippen LogP contribution in [0.1, 0.15) is 25.0 Å². The second-order valence-electron chi connectivity index (χ2n) is 4.29. The quantitative estimate of drug-likeness (QED) is 0.689. The van der Waals surface area contributed by atoms with E-state index in [1.165, 1.54) is 0 Å². The van der Waals surface area contributed by atoms with Gasteiger partial charge in [-0.2, -0.15) is 0 Å². The van der Waals surface area contributed by atoms with Crippen molar-refractivity contribution in [3.05, 3.63) is 23.8 Å². The predicted molar refractivity (Wildman–Crippen MR) is 67.0 cm³/mol. The lowest BCUT2D eigenvalue weighted by atomic mass is 10.0. The average Bonchev–Trinajstić information content (AvgIpc) is 2.36. The maximum Gasteiger partial charge on any atom is 0.573 e. The van der Waals surface area contributed by atoms with Gasteiger partial charge in [-0.25, -0.2) is 0 Å². The number of benzene rings is 1. The van der Waals surface area contributed by atoms with Gasteiger partial charge in [0, 0.05) is 11.6 Å². The summed E-state index contributed by atoms with van der Waals surface area (Å²) in [6, 6.07) is 2.46. The topological polar surface area (TPSA) is 96.2 Å². The van der Waals surface area contributed by atoms with Crippen molar-refractivity contribution in [2.24, 2.45) is 0 Å². The third-order valence-corrected chi connectivity index (χ3v) is 2.60. The van der Waals surface area contributed by atoms with Gasteiger partial charge in [0.1, 0.15) is 17.6 Å². The van der Waals surface area contributed by atoms with Crippen LogP contribution in [0.15, 0.2) is 18.2 Å². The molecule has 1 aromatic carbocycles. The van der Waals surface area contributed by atoms with E-state index in [2.05, 4.69) is 9.47 Å². The van der Waals surface area contributed by atoms with Gasteiger partial charge in [-0.3, -0.25) is 4.79 Å². The van der Waals surface area contributed by atoms with Crippen LogP contribution in [0.5, 0.6) is 11.5 Å². The number of halogens is 3. The van der Waals surface area contributed by atoms with Crippen molar-refractivity contribution in [3.8, 4) is 11.5 Å². The molecular weight excluding hydrogens is 309 g/mol. The van der Waals surface area contributed by atoms with Gasteiger partial charge >= 0.3 is 12.3 Å². The highest BCUT2D eigenvalue weighted by Gasteiger charge is 2.32. The van der Waals surface area contributed by atoms with Crippen LogP contribution < -0.4 is 4.74 Å². The molecular formula is C13H15F3O6. The number of phenols is 1. The Balaban J connectivity index is 2.81. The Labute approximate surface area is 123 Å². The first-order chi connectivity index (χ1) is 10.1. The summed E-state index contributed by atoms with van der Waals surface area (Å²) in [5.74, 6) is -2.15. The monoisotopic (exact) mass is 324 g/mol. The molecule has 0 heterocycles. The van der Waals surface area contributed by atoms with E-state index in [1.54, 1.807) is 6.92 Å². The van der Waals surface area contributed by atoms with Crippen molar-refractivity contribution in [3.63, 3.8) is 0 Å². The van der Waals surface area contributed by atoms with E-state index >= 15 is 0 Å². The third kappa shape index (κ3) is 5.41. The zero-order chi connectivity index (χ0) is 16.9. The summed E-state index contributed by atoms with van der Waals surface area (Å²) in [7, 11) is 0. The summed E-state index contributed by atoms with van der Waals surface area (Å²) in [5.41, 5.74) is -0.244. The zero-order valence-electron chi connectivity index (χ0n) is 11.5. The minimum Gasteiger partial charge on any atom is -0.507 e. The molecule has 0 aliphatic heterocycles. The van der Waals surface area contributed by atoms with E-state index in [0.717, 1.165) is 12.1 Å². The molecule has 0 radical (unpaired) electrons. The smallest absolute Gasteiger partial charge is 0.507 e. The van der Waals surface area contributed by atoms with Gasteiger partial charge in [0.15, 0.2) is 0 Å². The normalized spacial score (nSPS) is 14.3. The van der Waals surface area contributed by atoms with E-state index < -0.39 is 42.5 Å². The van der Waals surface area contributed by atoms with E-state index in [-0.39, 0.29) is 12.2 Å². The Morgan fingerprint density at radius 3 is 2.45 bits per heavy atom. The van der Waals surface area contributed by atoms with Crippen molar-refractivity contribution in [1.29, 1.82) is 0 Å². The first-order valence-corrected chi connectivity index (χ1v) is 6.24. The molecule has 3 N–H and O–H groups in total. The minimum atomic E-state index is -4.92. The van der Waals surface area contributed by atoms with Crippen molar-refractivity contribution in [2.75, 3.05) is 6.61 Å². The number of aromatic hydroxyl groups is 1. The van der Waals surface area contributed by atoms with Gasteiger partial charge in [-0.05, 0) is 19.1 Å². The van der Waals surface area contributed by atoms with E-state index in [1.807, 2.05) is 0 Å². The van der Waals surface area contributed by atoms with Gasteiger partial charge in [0.25, 0.3) is 0 Å². The summed E-state index contributed by atoms with van der Waals surface area (Å²) < 4.78 is 44.3. The van der Waals surface area contributed by atoms with Gasteiger partial charge < -0.3 is 24.8 Å². The lowest BCUT2D eigenvalue weighted by Gasteiger charge is -2.19. The third-order valence-electron chi connectivity index (χ3n) is 2.60. The lowest BCUT2D eigenvalue weighted by Crippen LogP contribution is -2.23. The summed E-state index contributed by atoms with van der Waals surface area (Å²) in [6.07, 6.45) is -8.71. The van der Waals surface area contributed by atoms with Crippen molar-refractivity contribution >= 4 is 5.97 Å². The Hall–Kier alpha value is -2.00. The number of hydrogen-bond acceptors (Lipinski definition) is 6.